The van der Waals surface area contributed by atoms with Gasteiger partial charge in [-0.2, -0.15) is 0 Å². The fourth-order valence-electron chi connectivity index (χ4n) is 2.64. The number of carbonyl (C=O) groups excluding carboxylic acids is 1. The molecule has 2 heterocycles. The zero-order valence-electron chi connectivity index (χ0n) is 13.1. The Morgan fingerprint density at radius 1 is 1.48 bits per heavy atom. The SMILES string of the molecule is NC1=CCC(=S)C(NC(=O)c2cn([C@@H]3O[C@H](CO)[C@@H](O)[C@H]3O)cn2)=C1. The van der Waals surface area contributed by atoms with E-state index >= 15 is 0 Å². The van der Waals surface area contributed by atoms with Crippen molar-refractivity contribution in [3.05, 3.63) is 41.8 Å². The van der Waals surface area contributed by atoms with Crippen molar-refractivity contribution in [1.29, 1.82) is 0 Å². The predicted octanol–water partition coefficient (Wildman–Crippen LogP) is -1.28. The van der Waals surface area contributed by atoms with Crippen LogP contribution >= 0.6 is 12.2 Å². The van der Waals surface area contributed by atoms with Gasteiger partial charge in [0, 0.05) is 23.2 Å². The molecular formula is C15H18N4O5S. The number of nitrogens with zero attached hydrogens (tertiary/aromatic N) is 2. The van der Waals surface area contributed by atoms with E-state index in [1.807, 2.05) is 0 Å². The number of hydrogen-bond donors (Lipinski definition) is 5. The Bertz CT molecular complexity index is 759. The van der Waals surface area contributed by atoms with Gasteiger partial charge in [-0.1, -0.05) is 18.3 Å². The lowest BCUT2D eigenvalue weighted by molar-refractivity contribution is -0.0528. The number of aliphatic hydroxyl groups excluding tert-OH is 3. The van der Waals surface area contributed by atoms with Crippen molar-refractivity contribution in [2.24, 2.45) is 5.73 Å². The summed E-state index contributed by atoms with van der Waals surface area (Å²) in [7, 11) is 0. The predicted molar refractivity (Wildman–Crippen MR) is 90.3 cm³/mol. The lowest BCUT2D eigenvalue weighted by atomic mass is 10.1. The van der Waals surface area contributed by atoms with Crippen LogP contribution in [0.25, 0.3) is 0 Å². The minimum Gasteiger partial charge on any atom is -0.399 e. The molecule has 1 amide bonds. The van der Waals surface area contributed by atoms with Gasteiger partial charge in [0.15, 0.2) is 6.23 Å². The van der Waals surface area contributed by atoms with Gasteiger partial charge in [0.05, 0.1) is 18.6 Å². The van der Waals surface area contributed by atoms with Crippen LogP contribution in [0.5, 0.6) is 0 Å². The van der Waals surface area contributed by atoms with Crippen molar-refractivity contribution in [2.45, 2.75) is 31.0 Å². The quantitative estimate of drug-likeness (QED) is 0.415. The third kappa shape index (κ3) is 3.48. The van der Waals surface area contributed by atoms with E-state index in [0.717, 1.165) is 0 Å². The fourth-order valence-corrected chi connectivity index (χ4v) is 2.83. The number of allylic oxidation sites excluding steroid dienone is 3. The molecule has 2 aliphatic rings. The van der Waals surface area contributed by atoms with Gasteiger partial charge in [-0.05, 0) is 6.08 Å². The monoisotopic (exact) mass is 366 g/mol. The summed E-state index contributed by atoms with van der Waals surface area (Å²) in [6.45, 7) is -0.433. The van der Waals surface area contributed by atoms with E-state index in [4.69, 9.17) is 27.8 Å². The third-order valence-electron chi connectivity index (χ3n) is 4.03. The number of nitrogens with two attached hydrogens (primary N) is 1. The highest BCUT2D eigenvalue weighted by molar-refractivity contribution is 7.80. The van der Waals surface area contributed by atoms with Crippen molar-refractivity contribution in [1.82, 2.24) is 14.9 Å². The molecule has 1 aliphatic heterocycles. The van der Waals surface area contributed by atoms with Gasteiger partial charge in [-0.3, -0.25) is 4.79 Å². The number of thiocarbonyl (C=S) groups is 1. The number of imidazole rings is 1. The number of hydrogen-bond acceptors (Lipinski definition) is 8. The highest BCUT2D eigenvalue weighted by Gasteiger charge is 2.43. The maximum Gasteiger partial charge on any atom is 0.275 e. The van der Waals surface area contributed by atoms with E-state index in [9.17, 15) is 15.0 Å². The minimum atomic E-state index is -1.25. The molecule has 0 radical (unpaired) electrons. The van der Waals surface area contributed by atoms with Crippen LogP contribution in [0.3, 0.4) is 0 Å². The molecule has 1 fully saturated rings. The van der Waals surface area contributed by atoms with Crippen LogP contribution in [-0.2, 0) is 4.74 Å². The fraction of sp³-hybridized carbons (Fsp3) is 0.400. The second-order valence-corrected chi connectivity index (χ2v) is 6.27. The molecule has 0 aromatic carbocycles. The standard InChI is InChI=1S/C15H18N4O5S/c16-7-1-2-11(25)8(3-7)18-14(23)9-4-19(6-17-9)15-13(22)12(21)10(5-20)24-15/h1,3-4,6,10,12-13,15,20-22H,2,5,16H2,(H,18,23)/t10-,12-,13-,15-/m1/s1. The van der Waals surface area contributed by atoms with Crippen LogP contribution in [0.1, 0.15) is 23.1 Å². The summed E-state index contributed by atoms with van der Waals surface area (Å²) in [5, 5.41) is 31.6. The Kier molecular flexibility index (Phi) is 4.97. The van der Waals surface area contributed by atoms with Gasteiger partial charge in [0.2, 0.25) is 0 Å². The Morgan fingerprint density at radius 2 is 2.24 bits per heavy atom. The Labute approximate surface area is 148 Å². The first kappa shape index (κ1) is 17.7. The molecule has 6 N–H and O–H groups in total. The second kappa shape index (κ2) is 7.02. The summed E-state index contributed by atoms with van der Waals surface area (Å²) in [5.74, 6) is -0.492. The summed E-state index contributed by atoms with van der Waals surface area (Å²) in [5.41, 5.74) is 6.75. The number of aliphatic hydroxyl groups is 3. The van der Waals surface area contributed by atoms with Crippen LogP contribution < -0.4 is 11.1 Å². The van der Waals surface area contributed by atoms with Crippen molar-refractivity contribution >= 4 is 23.0 Å². The van der Waals surface area contributed by atoms with Crippen molar-refractivity contribution < 1.29 is 24.9 Å². The molecule has 25 heavy (non-hydrogen) atoms. The maximum atomic E-state index is 12.3. The molecule has 1 aromatic heterocycles. The largest absolute Gasteiger partial charge is 0.399 e. The van der Waals surface area contributed by atoms with Crippen LogP contribution in [0.4, 0.5) is 0 Å². The van der Waals surface area contributed by atoms with E-state index in [1.165, 1.54) is 17.1 Å². The zero-order valence-corrected chi connectivity index (χ0v) is 13.9. The van der Waals surface area contributed by atoms with Gasteiger partial charge in [0.1, 0.15) is 24.0 Å². The van der Waals surface area contributed by atoms with Gasteiger partial charge in [-0.15, -0.1) is 0 Å². The van der Waals surface area contributed by atoms with E-state index in [2.05, 4.69) is 10.3 Å². The van der Waals surface area contributed by atoms with Crippen LogP contribution in [0, 0.1) is 0 Å². The van der Waals surface area contributed by atoms with Crippen molar-refractivity contribution in [2.75, 3.05) is 6.61 Å². The number of carbonyl (C=O) groups is 1. The minimum absolute atomic E-state index is 0.0783. The molecule has 1 aliphatic carbocycles. The number of ether oxygens (including phenoxy) is 1. The van der Waals surface area contributed by atoms with Crippen LogP contribution in [0.15, 0.2) is 36.1 Å². The average molecular weight is 366 g/mol. The van der Waals surface area contributed by atoms with Gasteiger partial charge < -0.3 is 35.7 Å². The normalized spacial score (nSPS) is 29.3. The smallest absolute Gasteiger partial charge is 0.275 e. The highest BCUT2D eigenvalue weighted by atomic mass is 32.1. The molecule has 1 aromatic rings. The second-order valence-electron chi connectivity index (χ2n) is 5.78. The summed E-state index contributed by atoms with van der Waals surface area (Å²) in [6, 6.07) is 0. The van der Waals surface area contributed by atoms with Crippen LogP contribution in [-0.4, -0.2) is 60.6 Å². The van der Waals surface area contributed by atoms with Crippen LogP contribution in [0.2, 0.25) is 0 Å². The number of rotatable bonds is 4. The van der Waals surface area contributed by atoms with E-state index in [-0.39, 0.29) is 5.69 Å². The lowest BCUT2D eigenvalue weighted by Gasteiger charge is -2.15. The molecule has 10 heteroatoms. The third-order valence-corrected chi connectivity index (χ3v) is 4.41. The van der Waals surface area contributed by atoms with Crippen molar-refractivity contribution in [3.8, 4) is 0 Å². The lowest BCUT2D eigenvalue weighted by Crippen LogP contribution is -2.33. The molecule has 0 spiro atoms. The van der Waals surface area contributed by atoms with E-state index in [0.29, 0.717) is 22.7 Å². The van der Waals surface area contributed by atoms with E-state index < -0.39 is 37.1 Å². The van der Waals surface area contributed by atoms with Gasteiger partial charge >= 0.3 is 0 Å². The average Bonchev–Trinajstić information content (AvgIpc) is 3.17. The molecule has 1 saturated heterocycles. The number of nitrogens with one attached hydrogen (secondary N) is 1. The number of amides is 1. The molecule has 134 valence electrons. The highest BCUT2D eigenvalue weighted by Crippen LogP contribution is 2.29. The first-order valence-electron chi connectivity index (χ1n) is 7.58. The topological polar surface area (TPSA) is 143 Å². The zero-order chi connectivity index (χ0) is 18.1. The molecule has 0 unspecified atom stereocenters. The van der Waals surface area contributed by atoms with E-state index in [1.54, 1.807) is 12.2 Å². The summed E-state index contributed by atoms with van der Waals surface area (Å²) in [6.07, 6.45) is 2.16. The summed E-state index contributed by atoms with van der Waals surface area (Å²) >= 11 is 5.18. The molecule has 9 nitrogen and oxygen atoms in total. The Morgan fingerprint density at radius 3 is 2.92 bits per heavy atom. The molecule has 4 atom stereocenters. The summed E-state index contributed by atoms with van der Waals surface area (Å²) in [4.78, 5) is 16.9. The Hall–Kier alpha value is -2.11. The first-order valence-corrected chi connectivity index (χ1v) is 7.99. The molecule has 0 bridgehead atoms. The first-order chi connectivity index (χ1) is 11.9. The molecule has 0 saturated carbocycles. The van der Waals surface area contributed by atoms with Gasteiger partial charge in [0.25, 0.3) is 5.91 Å². The maximum absolute atomic E-state index is 12.3. The number of aromatic nitrogens is 2. The Balaban J connectivity index is 1.72. The van der Waals surface area contributed by atoms with Gasteiger partial charge in [-0.25, -0.2) is 4.98 Å². The van der Waals surface area contributed by atoms with Crippen molar-refractivity contribution in [3.63, 3.8) is 0 Å². The molecular weight excluding hydrogens is 348 g/mol. The molecule has 3 rings (SSSR count). The summed E-state index contributed by atoms with van der Waals surface area (Å²) < 4.78 is 6.74.